The van der Waals surface area contributed by atoms with Gasteiger partial charge in [-0.05, 0) is 60.4 Å². The maximum Gasteiger partial charge on any atom is 0.193 e. The molecule has 0 spiro atoms. The van der Waals surface area contributed by atoms with E-state index in [0.717, 1.165) is 17.1 Å². The molecular weight excluding hydrogens is 442 g/mol. The summed E-state index contributed by atoms with van der Waals surface area (Å²) in [5.74, 6) is 0.570. The van der Waals surface area contributed by atoms with Crippen molar-refractivity contribution >= 4 is 34.5 Å². The summed E-state index contributed by atoms with van der Waals surface area (Å²) in [5.41, 5.74) is 2.59. The molecule has 8 nitrogen and oxygen atoms in total. The van der Waals surface area contributed by atoms with Crippen molar-refractivity contribution in [1.29, 1.82) is 5.41 Å². The highest BCUT2D eigenvalue weighted by atomic mass is 32.1. The quantitative estimate of drug-likeness (QED) is 0.288. The summed E-state index contributed by atoms with van der Waals surface area (Å²) in [6, 6.07) is 11.1. The van der Waals surface area contributed by atoms with Crippen LogP contribution in [0.15, 0.2) is 47.8 Å². The fraction of sp³-hybridized carbons (Fsp3) is 0.250. The van der Waals surface area contributed by atoms with E-state index in [1.54, 1.807) is 42.8 Å². The van der Waals surface area contributed by atoms with Crippen molar-refractivity contribution in [2.75, 3.05) is 19.5 Å². The zero-order valence-corrected chi connectivity index (χ0v) is 19.4. The first kappa shape index (κ1) is 24.1. The second kappa shape index (κ2) is 10.8. The average Bonchev–Trinajstić information content (AvgIpc) is 3.31. The Bertz CT molecular complexity index is 1130. The number of ether oxygens (including phenoxy) is 2. The smallest absolute Gasteiger partial charge is 0.193 e. The monoisotopic (exact) mass is 467 g/mol. The molecule has 0 saturated carbocycles. The van der Waals surface area contributed by atoms with Gasteiger partial charge in [-0.15, -0.1) is 0 Å². The highest BCUT2D eigenvalue weighted by molar-refractivity contribution is 7.04. The molecule has 1 aromatic heterocycles. The number of hydrogen-bond acceptors (Lipinski definition) is 9. The number of aromatic nitrogens is 1. The van der Waals surface area contributed by atoms with Crippen molar-refractivity contribution in [3.63, 3.8) is 0 Å². The molecular formula is C24H25N3O5S. The minimum atomic E-state index is -1.10. The maximum atomic E-state index is 13.6. The number of aliphatic hydroxyl groups is 1. The lowest BCUT2D eigenvalue weighted by Crippen LogP contribution is -2.38. The maximum absolute atomic E-state index is 13.6. The first-order valence-electron chi connectivity index (χ1n) is 10.1. The van der Waals surface area contributed by atoms with Crippen LogP contribution in [0.1, 0.15) is 29.3 Å². The lowest BCUT2D eigenvalue weighted by Gasteiger charge is -2.20. The number of carbonyl (C=O) groups is 2. The number of Topliss-reactive ketones (excluding diaryl/α,β-unsaturated/α-hetero) is 2. The van der Waals surface area contributed by atoms with Crippen LogP contribution in [0, 0.1) is 5.41 Å². The van der Waals surface area contributed by atoms with Crippen LogP contribution in [-0.2, 0) is 11.4 Å². The lowest BCUT2D eigenvalue weighted by molar-refractivity contribution is -0.115. The predicted molar refractivity (Wildman–Crippen MR) is 128 cm³/mol. The zero-order valence-electron chi connectivity index (χ0n) is 18.5. The molecule has 0 saturated heterocycles. The minimum Gasteiger partial charge on any atom is -0.497 e. The van der Waals surface area contributed by atoms with Crippen molar-refractivity contribution < 1.29 is 24.2 Å². The van der Waals surface area contributed by atoms with Crippen LogP contribution in [0.4, 0.5) is 5.69 Å². The summed E-state index contributed by atoms with van der Waals surface area (Å²) >= 11 is 1.14. The van der Waals surface area contributed by atoms with Gasteiger partial charge in [-0.1, -0.05) is 0 Å². The van der Waals surface area contributed by atoms with Crippen LogP contribution in [0.2, 0.25) is 0 Å². The molecule has 0 aliphatic carbocycles. The molecule has 0 radical (unpaired) electrons. The van der Waals surface area contributed by atoms with Crippen molar-refractivity contribution in [2.24, 2.45) is 0 Å². The third-order valence-electron chi connectivity index (χ3n) is 4.94. The fourth-order valence-corrected chi connectivity index (χ4v) is 4.02. The van der Waals surface area contributed by atoms with Gasteiger partial charge < -0.3 is 25.3 Å². The van der Waals surface area contributed by atoms with Gasteiger partial charge in [-0.25, -0.2) is 0 Å². The van der Waals surface area contributed by atoms with Gasteiger partial charge in [0.15, 0.2) is 5.78 Å². The highest BCUT2D eigenvalue weighted by Crippen LogP contribution is 2.29. The number of anilines is 1. The van der Waals surface area contributed by atoms with Crippen molar-refractivity contribution in [3.8, 4) is 22.8 Å². The fourth-order valence-electron chi connectivity index (χ4n) is 3.33. The Hall–Kier alpha value is -3.56. The Morgan fingerprint density at radius 3 is 2.42 bits per heavy atom. The molecule has 1 atom stereocenters. The predicted octanol–water partition coefficient (Wildman–Crippen LogP) is 3.98. The van der Waals surface area contributed by atoms with Gasteiger partial charge in [-0.3, -0.25) is 9.59 Å². The number of nitrogens with one attached hydrogen (secondary N) is 2. The number of nitrogens with zero attached hydrogens (tertiary/aromatic N) is 1. The largest absolute Gasteiger partial charge is 0.497 e. The molecule has 0 amide bonds. The van der Waals surface area contributed by atoms with Gasteiger partial charge in [-0.2, -0.15) is 4.37 Å². The second-order valence-corrected chi connectivity index (χ2v) is 8.01. The van der Waals surface area contributed by atoms with Gasteiger partial charge in [0.25, 0.3) is 0 Å². The van der Waals surface area contributed by atoms with E-state index in [4.69, 9.17) is 14.9 Å². The van der Waals surface area contributed by atoms with Crippen molar-refractivity contribution in [1.82, 2.24) is 4.37 Å². The second-order valence-electron chi connectivity index (χ2n) is 7.38. The molecule has 3 rings (SSSR count). The van der Waals surface area contributed by atoms with E-state index in [2.05, 4.69) is 9.69 Å². The Balaban J connectivity index is 1.98. The van der Waals surface area contributed by atoms with Gasteiger partial charge in [0.1, 0.15) is 23.3 Å². The van der Waals surface area contributed by atoms with Crippen molar-refractivity contribution in [2.45, 2.75) is 26.0 Å². The molecule has 9 heteroatoms. The van der Waals surface area contributed by atoms with Crippen molar-refractivity contribution in [3.05, 3.63) is 59.0 Å². The molecule has 0 aliphatic heterocycles. The molecule has 0 aliphatic rings. The minimum absolute atomic E-state index is 0.0623. The standard InChI is InChI=1S/C24H25N3O5S/c1-14(29)8-21(25)23(26-17-9-15(12-28)10-19(11-17)32-3)24(30)20-13-33-27-22(20)16-4-6-18(31-2)7-5-16/h4-7,9-11,13,23,25-26,28H,8,12H2,1-3H3. The average molecular weight is 468 g/mol. The molecule has 2 aromatic carbocycles. The van der Waals surface area contributed by atoms with E-state index in [-0.39, 0.29) is 30.3 Å². The number of benzene rings is 2. The van der Waals surface area contributed by atoms with Crippen LogP contribution in [-0.4, -0.2) is 47.0 Å². The van der Waals surface area contributed by atoms with Crippen LogP contribution < -0.4 is 14.8 Å². The summed E-state index contributed by atoms with van der Waals surface area (Å²) in [6.07, 6.45) is -0.171. The molecule has 33 heavy (non-hydrogen) atoms. The molecule has 1 heterocycles. The summed E-state index contributed by atoms with van der Waals surface area (Å²) < 4.78 is 14.9. The van der Waals surface area contributed by atoms with E-state index >= 15 is 0 Å². The topological polar surface area (TPSA) is 122 Å². The third-order valence-corrected chi connectivity index (χ3v) is 5.57. The zero-order chi connectivity index (χ0) is 24.0. The normalized spacial score (nSPS) is 11.5. The van der Waals surface area contributed by atoms with E-state index in [9.17, 15) is 14.7 Å². The van der Waals surface area contributed by atoms with E-state index < -0.39 is 6.04 Å². The van der Waals surface area contributed by atoms with Crippen LogP contribution in [0.5, 0.6) is 11.5 Å². The summed E-state index contributed by atoms with van der Waals surface area (Å²) in [5, 5.41) is 22.7. The van der Waals surface area contributed by atoms with Crippen LogP contribution in [0.3, 0.4) is 0 Å². The molecule has 0 bridgehead atoms. The number of rotatable bonds is 11. The molecule has 3 N–H and O–H groups in total. The van der Waals surface area contributed by atoms with E-state index in [1.165, 1.54) is 14.0 Å². The lowest BCUT2D eigenvalue weighted by atomic mass is 9.95. The first-order valence-corrected chi connectivity index (χ1v) is 10.9. The Kier molecular flexibility index (Phi) is 7.92. The van der Waals surface area contributed by atoms with Gasteiger partial charge in [0.05, 0.1) is 32.1 Å². The molecule has 3 aromatic rings. The number of hydrogen-bond donors (Lipinski definition) is 3. The molecule has 1 unspecified atom stereocenters. The number of aliphatic hydroxyl groups excluding tert-OH is 1. The Morgan fingerprint density at radius 1 is 1.12 bits per heavy atom. The summed E-state index contributed by atoms with van der Waals surface area (Å²) in [4.78, 5) is 25.3. The number of methoxy groups -OCH3 is 2. The molecule has 0 fully saturated rings. The highest BCUT2D eigenvalue weighted by Gasteiger charge is 2.29. The Morgan fingerprint density at radius 2 is 1.82 bits per heavy atom. The Labute approximate surface area is 195 Å². The van der Waals surface area contributed by atoms with Gasteiger partial charge in [0, 0.05) is 34.8 Å². The number of carbonyl (C=O) groups excluding carboxylic acids is 2. The van der Waals surface area contributed by atoms with Crippen LogP contribution >= 0.6 is 11.5 Å². The summed E-state index contributed by atoms with van der Waals surface area (Å²) in [7, 11) is 3.07. The van der Waals surface area contributed by atoms with E-state index in [0.29, 0.717) is 34.0 Å². The van der Waals surface area contributed by atoms with E-state index in [1.807, 2.05) is 12.1 Å². The molecule has 172 valence electrons. The summed E-state index contributed by atoms with van der Waals surface area (Å²) in [6.45, 7) is 1.16. The van der Waals surface area contributed by atoms with Gasteiger partial charge in [0.2, 0.25) is 0 Å². The number of ketones is 2. The third kappa shape index (κ3) is 5.82. The van der Waals surface area contributed by atoms with Gasteiger partial charge >= 0.3 is 0 Å². The van der Waals surface area contributed by atoms with Crippen LogP contribution in [0.25, 0.3) is 11.3 Å². The SMILES string of the molecule is COc1ccc(-c2nscc2C(=O)C(Nc2cc(CO)cc(OC)c2)C(=N)CC(C)=O)cc1. The first-order chi connectivity index (χ1) is 15.9.